The number of aryl methyl sites for hydroxylation is 1. The fourth-order valence-electron chi connectivity index (χ4n) is 7.94. The van der Waals surface area contributed by atoms with Crippen molar-refractivity contribution < 1.29 is 61.9 Å². The number of anilines is 1. The van der Waals surface area contributed by atoms with Crippen LogP contribution in [0.15, 0.2) is 36.4 Å². The summed E-state index contributed by atoms with van der Waals surface area (Å²) in [5.41, 5.74) is 1.91. The number of para-hydroxylation sites is 1. The number of carbonyl (C=O) groups excluding carboxylic acids is 5. The van der Waals surface area contributed by atoms with Gasteiger partial charge in [-0.2, -0.15) is 11.8 Å². The maximum absolute atomic E-state index is 12.6. The van der Waals surface area contributed by atoms with Crippen molar-refractivity contribution in [3.63, 3.8) is 0 Å². The van der Waals surface area contributed by atoms with Gasteiger partial charge in [0.25, 0.3) is 5.91 Å². The number of rotatable bonds is 46. The highest BCUT2D eigenvalue weighted by Gasteiger charge is 2.42. The summed E-state index contributed by atoms with van der Waals surface area (Å²) >= 11 is 1.96. The predicted octanol–water partition coefficient (Wildman–Crippen LogP) is 4.69. The highest BCUT2D eigenvalue weighted by atomic mass is 32.2. The number of allylic oxidation sites excluding steroid dienone is 1. The Morgan fingerprint density at radius 1 is 0.606 bits per heavy atom. The van der Waals surface area contributed by atoms with Crippen LogP contribution in [0.4, 0.5) is 5.69 Å². The van der Waals surface area contributed by atoms with Gasteiger partial charge >= 0.3 is 0 Å². The number of carbonyl (C=O) groups is 5. The second kappa shape index (κ2) is 41.8. The number of fused-ring (bicyclic) bond motifs is 1. The smallest absolute Gasteiger partial charge is 0.250 e. The molecule has 3 atom stereocenters. The minimum atomic E-state index is -0.0721. The van der Waals surface area contributed by atoms with Gasteiger partial charge in [0.15, 0.2) is 0 Å². The van der Waals surface area contributed by atoms with Gasteiger partial charge in [0, 0.05) is 68.8 Å². The van der Waals surface area contributed by atoms with Gasteiger partial charge < -0.3 is 64.1 Å². The standard InChI is InChI=1S/C52H87N5O13S/c1-3-14-51(62)57(45-16-9-8-15-43(45)2)24-26-64-28-30-66-32-34-68-36-38-70-40-39-69-37-35-67-33-31-65-29-27-63-25-23-55-49(60)19-7-5-13-21-53-47(58)18-6-4-12-22-54-48(59)20-11-10-17-46-52-44(42-71-46)41-50(61)56-52/h3,8-9,14-16,44,46,52H,4-7,10-13,17-42H2,1-2H3,(H,53,58)(H,54,59)(H,55,60)(H,56,61)/b14-3+. The summed E-state index contributed by atoms with van der Waals surface area (Å²) < 4.78 is 44.4. The van der Waals surface area contributed by atoms with Crippen molar-refractivity contribution in [2.45, 2.75) is 109 Å². The number of hydrogen-bond acceptors (Lipinski definition) is 14. The van der Waals surface area contributed by atoms with Gasteiger partial charge in [0.1, 0.15) is 0 Å². The second-order valence-electron chi connectivity index (χ2n) is 17.5. The fraction of sp³-hybridized carbons (Fsp3) is 0.750. The molecule has 3 unspecified atom stereocenters. The average molecular weight is 1020 g/mol. The van der Waals surface area contributed by atoms with Crippen molar-refractivity contribution in [2.75, 3.05) is 143 Å². The molecule has 0 saturated carbocycles. The molecule has 0 bridgehead atoms. The molecule has 71 heavy (non-hydrogen) atoms. The van der Waals surface area contributed by atoms with Crippen LogP contribution in [0.2, 0.25) is 0 Å². The van der Waals surface area contributed by atoms with Gasteiger partial charge in [0.2, 0.25) is 23.6 Å². The average Bonchev–Trinajstić information content (AvgIpc) is 3.92. The predicted molar refractivity (Wildman–Crippen MR) is 276 cm³/mol. The third-order valence-electron chi connectivity index (χ3n) is 11.8. The molecule has 3 rings (SSSR count). The number of unbranched alkanes of at least 4 members (excludes halogenated alkanes) is 5. The first kappa shape index (κ1) is 61.6. The Balaban J connectivity index is 0.934. The first-order chi connectivity index (χ1) is 34.8. The van der Waals surface area contributed by atoms with E-state index in [2.05, 4.69) is 21.3 Å². The van der Waals surface area contributed by atoms with Crippen LogP contribution in [0.1, 0.15) is 96.0 Å². The monoisotopic (exact) mass is 1020 g/mol. The molecule has 2 aliphatic rings. The summed E-state index contributed by atoms with van der Waals surface area (Å²) in [5, 5.41) is 12.4. The van der Waals surface area contributed by atoms with E-state index in [1.807, 2.05) is 49.9 Å². The lowest BCUT2D eigenvalue weighted by Gasteiger charge is -2.23. The zero-order valence-electron chi connectivity index (χ0n) is 42.9. The third-order valence-corrected chi connectivity index (χ3v) is 13.3. The van der Waals surface area contributed by atoms with Crippen molar-refractivity contribution in [3.8, 4) is 0 Å². The summed E-state index contributed by atoms with van der Waals surface area (Å²) in [6.07, 6.45) is 13.3. The van der Waals surface area contributed by atoms with E-state index in [9.17, 15) is 24.0 Å². The Labute approximate surface area is 427 Å². The molecular weight excluding hydrogens is 935 g/mol. The lowest BCUT2D eigenvalue weighted by Crippen LogP contribution is -2.34. The minimum Gasteiger partial charge on any atom is -0.377 e. The number of nitrogens with zero attached hydrogens (tertiary/aromatic N) is 1. The van der Waals surface area contributed by atoms with Crippen LogP contribution in [0.25, 0.3) is 0 Å². The van der Waals surface area contributed by atoms with Gasteiger partial charge in [-0.1, -0.05) is 43.5 Å². The molecule has 2 heterocycles. The van der Waals surface area contributed by atoms with Crippen molar-refractivity contribution in [3.05, 3.63) is 42.0 Å². The molecule has 0 aliphatic carbocycles. The van der Waals surface area contributed by atoms with Crippen molar-refractivity contribution in [1.29, 1.82) is 0 Å². The summed E-state index contributed by atoms with van der Waals surface area (Å²) in [4.78, 5) is 62.4. The highest BCUT2D eigenvalue weighted by Crippen LogP contribution is 2.39. The van der Waals surface area contributed by atoms with Crippen LogP contribution in [0.3, 0.4) is 0 Å². The van der Waals surface area contributed by atoms with E-state index >= 15 is 0 Å². The summed E-state index contributed by atoms with van der Waals surface area (Å²) in [6, 6.07) is 8.13. The number of nitrogens with one attached hydrogen (secondary N) is 4. The first-order valence-corrected chi connectivity index (χ1v) is 27.2. The molecule has 5 amide bonds. The van der Waals surface area contributed by atoms with E-state index in [0.717, 1.165) is 74.8 Å². The van der Waals surface area contributed by atoms with Gasteiger partial charge in [-0.05, 0) is 81.7 Å². The van der Waals surface area contributed by atoms with Crippen LogP contribution < -0.4 is 26.2 Å². The largest absolute Gasteiger partial charge is 0.377 e. The Kier molecular flexibility index (Phi) is 36.3. The summed E-state index contributed by atoms with van der Waals surface area (Å²) in [6.45, 7) is 13.2. The SMILES string of the molecule is C/C=C/C(=O)N(CCOCCOCCOCCOCCOCCOCCOCCOCCNC(=O)CCCCCNC(=O)CCCCCNC(=O)CCCCC1SCC2CC(=O)NC21)c1ccccc1C. The van der Waals surface area contributed by atoms with E-state index in [4.69, 9.17) is 37.9 Å². The van der Waals surface area contributed by atoms with Crippen LogP contribution in [0, 0.1) is 12.8 Å². The number of benzene rings is 1. The Morgan fingerprint density at radius 3 is 1.55 bits per heavy atom. The number of amides is 5. The maximum Gasteiger partial charge on any atom is 0.250 e. The first-order valence-electron chi connectivity index (χ1n) is 26.1. The summed E-state index contributed by atoms with van der Waals surface area (Å²) in [7, 11) is 0. The highest BCUT2D eigenvalue weighted by molar-refractivity contribution is 8.00. The number of hydrogen-bond donors (Lipinski definition) is 4. The lowest BCUT2D eigenvalue weighted by atomic mass is 9.97. The second-order valence-corrected chi connectivity index (χ2v) is 18.8. The fourth-order valence-corrected chi connectivity index (χ4v) is 9.59. The molecule has 0 aromatic heterocycles. The molecule has 0 spiro atoms. The van der Waals surface area contributed by atoms with Crippen molar-refractivity contribution in [1.82, 2.24) is 21.3 Å². The molecule has 2 aliphatic heterocycles. The maximum atomic E-state index is 12.6. The van der Waals surface area contributed by atoms with Crippen molar-refractivity contribution in [2.24, 2.45) is 5.92 Å². The number of thioether (sulfide) groups is 1. The van der Waals surface area contributed by atoms with Crippen LogP contribution >= 0.6 is 11.8 Å². The Morgan fingerprint density at radius 2 is 1.06 bits per heavy atom. The third kappa shape index (κ3) is 30.9. The van der Waals surface area contributed by atoms with Crippen LogP contribution in [0.5, 0.6) is 0 Å². The number of ether oxygens (including phenoxy) is 8. The van der Waals surface area contributed by atoms with E-state index < -0.39 is 0 Å². The molecule has 2 fully saturated rings. The molecule has 2 saturated heterocycles. The zero-order valence-corrected chi connectivity index (χ0v) is 43.7. The van der Waals surface area contributed by atoms with Gasteiger partial charge in [0.05, 0.1) is 106 Å². The van der Waals surface area contributed by atoms with Gasteiger partial charge in [-0.3, -0.25) is 24.0 Å². The zero-order chi connectivity index (χ0) is 50.8. The normalized spacial score (nSPS) is 16.3. The van der Waals surface area contributed by atoms with E-state index in [1.165, 1.54) is 0 Å². The van der Waals surface area contributed by atoms with Crippen LogP contribution in [-0.4, -0.2) is 178 Å². The molecule has 19 heteroatoms. The molecule has 404 valence electrons. The van der Waals surface area contributed by atoms with Crippen molar-refractivity contribution >= 4 is 47.0 Å². The van der Waals surface area contributed by atoms with Gasteiger partial charge in [-0.15, -0.1) is 0 Å². The lowest BCUT2D eigenvalue weighted by molar-refractivity contribution is -0.122. The molecule has 18 nitrogen and oxygen atoms in total. The topological polar surface area (TPSA) is 211 Å². The Bertz CT molecular complexity index is 1630. The molecular formula is C52H87N5O13S. The quantitative estimate of drug-likeness (QED) is 0.0517. The van der Waals surface area contributed by atoms with E-state index in [-0.39, 0.29) is 29.5 Å². The van der Waals surface area contributed by atoms with Crippen LogP contribution in [-0.2, 0) is 61.9 Å². The van der Waals surface area contributed by atoms with Gasteiger partial charge in [-0.25, -0.2) is 0 Å². The molecule has 1 aromatic rings. The van der Waals surface area contributed by atoms with E-state index in [1.54, 1.807) is 17.1 Å². The molecule has 0 radical (unpaired) electrons. The Hall–Kier alpha value is -3.66. The molecule has 1 aromatic carbocycles. The van der Waals surface area contributed by atoms with E-state index in [0.29, 0.717) is 175 Å². The molecule has 4 N–H and O–H groups in total. The minimum absolute atomic E-state index is 0.00523. The summed E-state index contributed by atoms with van der Waals surface area (Å²) in [5.74, 6) is 1.79.